The first-order valence-corrected chi connectivity index (χ1v) is 10.4. The summed E-state index contributed by atoms with van der Waals surface area (Å²) in [4.78, 5) is 13.7. The van der Waals surface area contributed by atoms with Crippen LogP contribution in [0.4, 0.5) is 17.5 Å². The third-order valence-electron chi connectivity index (χ3n) is 5.79. The monoisotopic (exact) mass is 382 g/mol. The first-order valence-electron chi connectivity index (χ1n) is 10.4. The predicted octanol–water partition coefficient (Wildman–Crippen LogP) is 3.11. The van der Waals surface area contributed by atoms with Crippen LogP contribution in [0.2, 0.25) is 0 Å². The van der Waals surface area contributed by atoms with Crippen LogP contribution in [0.3, 0.4) is 0 Å². The number of aromatic nitrogens is 3. The lowest BCUT2D eigenvalue weighted by molar-refractivity contribution is 0.126. The van der Waals surface area contributed by atoms with Gasteiger partial charge in [0.1, 0.15) is 5.82 Å². The molecule has 4 N–H and O–H groups in total. The second-order valence-corrected chi connectivity index (χ2v) is 7.98. The molecule has 0 atom stereocenters. The van der Waals surface area contributed by atoms with Crippen molar-refractivity contribution in [1.82, 2.24) is 20.3 Å². The molecule has 0 aromatic carbocycles. The molecule has 2 aliphatic rings. The van der Waals surface area contributed by atoms with Gasteiger partial charge in [0, 0.05) is 35.4 Å². The maximum atomic E-state index is 9.81. The number of nitrogens with zero attached hydrogens (tertiary/aromatic N) is 3. The van der Waals surface area contributed by atoms with Crippen molar-refractivity contribution in [2.45, 2.75) is 63.5 Å². The van der Waals surface area contributed by atoms with Gasteiger partial charge in [-0.15, -0.1) is 0 Å². The minimum Gasteiger partial charge on any atom is -0.393 e. The standard InChI is InChI=1S/C21H30N6O/c1-14-12-17(8-11-23-14)26-21-24-13-19(15-6-9-22-10-7-15)20(27-21)25-16-2-4-18(28)5-3-16/h8,11-13,15-16,18,22,28H,2-7,9-10H2,1H3,(H2,23,24,25,26,27)/t16-,18-. The lowest BCUT2D eigenvalue weighted by Crippen LogP contribution is -2.30. The number of piperidine rings is 1. The summed E-state index contributed by atoms with van der Waals surface area (Å²) in [6, 6.07) is 4.27. The summed E-state index contributed by atoms with van der Waals surface area (Å²) in [5.41, 5.74) is 3.10. The molecular formula is C21H30N6O. The summed E-state index contributed by atoms with van der Waals surface area (Å²) in [5.74, 6) is 2.02. The second kappa shape index (κ2) is 8.84. The Labute approximate surface area is 166 Å². The quantitative estimate of drug-likeness (QED) is 0.631. The fraction of sp³-hybridized carbons (Fsp3) is 0.571. The highest BCUT2D eigenvalue weighted by Crippen LogP contribution is 2.32. The van der Waals surface area contributed by atoms with Crippen LogP contribution >= 0.6 is 0 Å². The summed E-state index contributed by atoms with van der Waals surface area (Å²) in [7, 11) is 0. The van der Waals surface area contributed by atoms with Crippen molar-refractivity contribution in [3.8, 4) is 0 Å². The zero-order valence-electron chi connectivity index (χ0n) is 16.5. The third-order valence-corrected chi connectivity index (χ3v) is 5.79. The minimum absolute atomic E-state index is 0.153. The molecule has 150 valence electrons. The van der Waals surface area contributed by atoms with Crippen LogP contribution in [0.5, 0.6) is 0 Å². The molecule has 0 unspecified atom stereocenters. The number of anilines is 3. The summed E-state index contributed by atoms with van der Waals surface area (Å²) in [6.07, 6.45) is 9.49. The van der Waals surface area contributed by atoms with Crippen LogP contribution < -0.4 is 16.0 Å². The van der Waals surface area contributed by atoms with E-state index in [-0.39, 0.29) is 6.10 Å². The molecule has 3 heterocycles. The maximum Gasteiger partial charge on any atom is 0.229 e. The highest BCUT2D eigenvalue weighted by Gasteiger charge is 2.24. The van der Waals surface area contributed by atoms with E-state index >= 15 is 0 Å². The highest BCUT2D eigenvalue weighted by molar-refractivity contribution is 5.57. The highest BCUT2D eigenvalue weighted by atomic mass is 16.3. The summed E-state index contributed by atoms with van der Waals surface area (Å²) >= 11 is 0. The van der Waals surface area contributed by atoms with Gasteiger partial charge in [-0.3, -0.25) is 4.98 Å². The number of nitrogens with one attached hydrogen (secondary N) is 3. The lowest BCUT2D eigenvalue weighted by atomic mass is 9.90. The molecule has 1 aliphatic heterocycles. The summed E-state index contributed by atoms with van der Waals surface area (Å²) < 4.78 is 0. The number of hydrogen-bond donors (Lipinski definition) is 4. The van der Waals surface area contributed by atoms with Gasteiger partial charge in [0.25, 0.3) is 0 Å². The van der Waals surface area contributed by atoms with E-state index in [9.17, 15) is 5.11 Å². The molecule has 1 aliphatic carbocycles. The number of rotatable bonds is 5. The van der Waals surface area contributed by atoms with Crippen molar-refractivity contribution in [1.29, 1.82) is 0 Å². The van der Waals surface area contributed by atoms with Crippen LogP contribution in [0, 0.1) is 6.92 Å². The molecule has 4 rings (SSSR count). The number of aryl methyl sites for hydroxylation is 1. The maximum absolute atomic E-state index is 9.81. The topological polar surface area (TPSA) is 95.0 Å². The van der Waals surface area contributed by atoms with Crippen molar-refractivity contribution in [3.05, 3.63) is 35.8 Å². The Bertz CT molecular complexity index is 784. The van der Waals surface area contributed by atoms with E-state index in [0.717, 1.165) is 68.8 Å². The zero-order chi connectivity index (χ0) is 19.3. The smallest absolute Gasteiger partial charge is 0.229 e. The normalized spacial score (nSPS) is 23.4. The molecule has 0 amide bonds. The molecule has 0 radical (unpaired) electrons. The third kappa shape index (κ3) is 4.77. The molecule has 2 fully saturated rings. The van der Waals surface area contributed by atoms with Gasteiger partial charge in [-0.2, -0.15) is 4.98 Å². The van der Waals surface area contributed by atoms with Crippen LogP contribution in [-0.4, -0.2) is 45.3 Å². The van der Waals surface area contributed by atoms with E-state index < -0.39 is 0 Å². The van der Waals surface area contributed by atoms with Gasteiger partial charge in [0.2, 0.25) is 5.95 Å². The van der Waals surface area contributed by atoms with E-state index in [1.54, 1.807) is 6.20 Å². The van der Waals surface area contributed by atoms with Gasteiger partial charge in [-0.25, -0.2) is 4.98 Å². The van der Waals surface area contributed by atoms with Crippen LogP contribution in [-0.2, 0) is 0 Å². The minimum atomic E-state index is -0.153. The Balaban J connectivity index is 1.56. The Morgan fingerprint density at radius 3 is 2.61 bits per heavy atom. The van der Waals surface area contributed by atoms with E-state index in [1.165, 1.54) is 5.56 Å². The number of hydrogen-bond acceptors (Lipinski definition) is 7. The molecule has 28 heavy (non-hydrogen) atoms. The largest absolute Gasteiger partial charge is 0.393 e. The number of pyridine rings is 1. The van der Waals surface area contributed by atoms with E-state index in [4.69, 9.17) is 4.98 Å². The van der Waals surface area contributed by atoms with Gasteiger partial charge in [-0.1, -0.05) is 0 Å². The van der Waals surface area contributed by atoms with E-state index in [0.29, 0.717) is 17.9 Å². The van der Waals surface area contributed by atoms with Crippen LogP contribution in [0.25, 0.3) is 0 Å². The van der Waals surface area contributed by atoms with Gasteiger partial charge < -0.3 is 21.1 Å². The number of aliphatic hydroxyl groups is 1. The summed E-state index contributed by atoms with van der Waals surface area (Å²) in [6.45, 7) is 4.04. The molecule has 0 spiro atoms. The molecule has 2 aromatic heterocycles. The molecule has 7 heteroatoms. The van der Waals surface area contributed by atoms with Gasteiger partial charge >= 0.3 is 0 Å². The first kappa shape index (κ1) is 19.1. The molecule has 7 nitrogen and oxygen atoms in total. The number of aliphatic hydroxyl groups excluding tert-OH is 1. The Morgan fingerprint density at radius 1 is 1.07 bits per heavy atom. The summed E-state index contributed by atoms with van der Waals surface area (Å²) in [5, 5.41) is 20.2. The van der Waals surface area contributed by atoms with Gasteiger partial charge in [0.05, 0.1) is 6.10 Å². The van der Waals surface area contributed by atoms with E-state index in [2.05, 4.69) is 25.9 Å². The second-order valence-electron chi connectivity index (χ2n) is 7.98. The molecule has 1 saturated heterocycles. The fourth-order valence-electron chi connectivity index (χ4n) is 4.16. The predicted molar refractivity (Wildman–Crippen MR) is 111 cm³/mol. The molecule has 1 saturated carbocycles. The molecular weight excluding hydrogens is 352 g/mol. The Morgan fingerprint density at radius 2 is 1.86 bits per heavy atom. The molecule has 2 aromatic rings. The van der Waals surface area contributed by atoms with Crippen molar-refractivity contribution in [2.24, 2.45) is 0 Å². The van der Waals surface area contributed by atoms with Crippen molar-refractivity contribution >= 4 is 17.5 Å². The van der Waals surface area contributed by atoms with Crippen molar-refractivity contribution in [2.75, 3.05) is 23.7 Å². The SMILES string of the molecule is Cc1cc(Nc2ncc(C3CCNCC3)c(N[C@H]3CC[C@H](O)CC3)n2)ccn1. The lowest BCUT2D eigenvalue weighted by Gasteiger charge is -2.29. The van der Waals surface area contributed by atoms with Crippen LogP contribution in [0.15, 0.2) is 24.5 Å². The van der Waals surface area contributed by atoms with E-state index in [1.807, 2.05) is 25.3 Å². The Hall–Kier alpha value is -2.25. The average Bonchev–Trinajstić information content (AvgIpc) is 2.71. The average molecular weight is 383 g/mol. The van der Waals surface area contributed by atoms with Crippen molar-refractivity contribution in [3.63, 3.8) is 0 Å². The molecule has 0 bridgehead atoms. The van der Waals surface area contributed by atoms with Crippen molar-refractivity contribution < 1.29 is 5.11 Å². The Kier molecular flexibility index (Phi) is 6.02. The zero-order valence-corrected chi connectivity index (χ0v) is 16.5. The van der Waals surface area contributed by atoms with Crippen LogP contribution in [0.1, 0.15) is 55.7 Å². The van der Waals surface area contributed by atoms with Gasteiger partial charge in [0.15, 0.2) is 0 Å². The first-order chi connectivity index (χ1) is 13.7. The fourth-order valence-corrected chi connectivity index (χ4v) is 4.16. The van der Waals surface area contributed by atoms with Gasteiger partial charge in [-0.05, 0) is 76.6 Å².